The van der Waals surface area contributed by atoms with Gasteiger partial charge >= 0.3 is 0 Å². The van der Waals surface area contributed by atoms with Crippen LogP contribution >= 0.6 is 0 Å². The van der Waals surface area contributed by atoms with Gasteiger partial charge in [-0.05, 0) is 41.9 Å². The van der Waals surface area contributed by atoms with E-state index in [1.807, 2.05) is 12.1 Å². The summed E-state index contributed by atoms with van der Waals surface area (Å²) in [5.74, 6) is 0.840. The van der Waals surface area contributed by atoms with Crippen LogP contribution in [0.2, 0.25) is 0 Å². The van der Waals surface area contributed by atoms with E-state index in [1.165, 1.54) is 17.2 Å². The molecule has 0 amide bonds. The average molecular weight is 271 g/mol. The van der Waals surface area contributed by atoms with Gasteiger partial charge in [0.15, 0.2) is 0 Å². The SMILES string of the molecule is CN(Cc1cccc(F)c1)Cc1ccc2c(c1)CCO2. The van der Waals surface area contributed by atoms with Crippen molar-refractivity contribution in [3.8, 4) is 5.75 Å². The minimum absolute atomic E-state index is 0.175. The van der Waals surface area contributed by atoms with Gasteiger partial charge in [-0.3, -0.25) is 4.90 Å². The highest BCUT2D eigenvalue weighted by atomic mass is 19.1. The Kier molecular flexibility index (Phi) is 3.70. The molecule has 2 aromatic carbocycles. The first-order valence-electron chi connectivity index (χ1n) is 6.88. The first-order valence-corrected chi connectivity index (χ1v) is 6.88. The number of halogens is 1. The van der Waals surface area contributed by atoms with Crippen LogP contribution in [0.1, 0.15) is 16.7 Å². The summed E-state index contributed by atoms with van der Waals surface area (Å²) in [5.41, 5.74) is 3.56. The van der Waals surface area contributed by atoms with Crippen molar-refractivity contribution in [3.63, 3.8) is 0 Å². The van der Waals surface area contributed by atoms with E-state index in [1.54, 1.807) is 12.1 Å². The number of benzene rings is 2. The highest BCUT2D eigenvalue weighted by Gasteiger charge is 2.12. The Morgan fingerprint density at radius 1 is 1.10 bits per heavy atom. The molecule has 2 aromatic rings. The van der Waals surface area contributed by atoms with Gasteiger partial charge < -0.3 is 4.74 Å². The van der Waals surface area contributed by atoms with E-state index in [-0.39, 0.29) is 5.82 Å². The minimum atomic E-state index is -0.175. The summed E-state index contributed by atoms with van der Waals surface area (Å²) < 4.78 is 18.7. The lowest BCUT2D eigenvalue weighted by Crippen LogP contribution is -2.17. The normalized spacial score (nSPS) is 13.3. The number of ether oxygens (including phenoxy) is 1. The average Bonchev–Trinajstić information content (AvgIpc) is 2.86. The monoisotopic (exact) mass is 271 g/mol. The van der Waals surface area contributed by atoms with Gasteiger partial charge in [0.1, 0.15) is 11.6 Å². The molecule has 20 heavy (non-hydrogen) atoms. The molecule has 104 valence electrons. The van der Waals surface area contributed by atoms with Crippen molar-refractivity contribution >= 4 is 0 Å². The maximum Gasteiger partial charge on any atom is 0.123 e. The molecular weight excluding hydrogens is 253 g/mol. The van der Waals surface area contributed by atoms with Crippen molar-refractivity contribution < 1.29 is 9.13 Å². The molecule has 0 saturated carbocycles. The molecule has 0 radical (unpaired) electrons. The molecule has 3 heteroatoms. The molecule has 1 heterocycles. The van der Waals surface area contributed by atoms with Crippen molar-refractivity contribution in [1.29, 1.82) is 0 Å². The summed E-state index contributed by atoms with van der Waals surface area (Å²) in [6.45, 7) is 2.38. The smallest absolute Gasteiger partial charge is 0.123 e. The van der Waals surface area contributed by atoms with E-state index < -0.39 is 0 Å². The molecule has 0 aliphatic carbocycles. The van der Waals surface area contributed by atoms with Gasteiger partial charge in [0.2, 0.25) is 0 Å². The Morgan fingerprint density at radius 2 is 1.90 bits per heavy atom. The van der Waals surface area contributed by atoms with Gasteiger partial charge in [0.05, 0.1) is 6.61 Å². The van der Waals surface area contributed by atoms with Crippen LogP contribution in [-0.4, -0.2) is 18.6 Å². The largest absolute Gasteiger partial charge is 0.493 e. The van der Waals surface area contributed by atoms with E-state index in [0.29, 0.717) is 0 Å². The molecule has 3 rings (SSSR count). The number of hydrogen-bond donors (Lipinski definition) is 0. The summed E-state index contributed by atoms with van der Waals surface area (Å²) in [5, 5.41) is 0. The second-order valence-corrected chi connectivity index (χ2v) is 5.34. The number of nitrogens with zero attached hydrogens (tertiary/aromatic N) is 1. The first kappa shape index (κ1) is 13.1. The highest BCUT2D eigenvalue weighted by molar-refractivity contribution is 5.39. The quantitative estimate of drug-likeness (QED) is 0.845. The Hall–Kier alpha value is -1.87. The van der Waals surface area contributed by atoms with Gasteiger partial charge in [-0.1, -0.05) is 24.3 Å². The van der Waals surface area contributed by atoms with Crippen LogP contribution in [-0.2, 0) is 19.5 Å². The lowest BCUT2D eigenvalue weighted by Gasteiger charge is -2.17. The lowest BCUT2D eigenvalue weighted by molar-refractivity contribution is 0.318. The fourth-order valence-corrected chi connectivity index (χ4v) is 2.65. The fraction of sp³-hybridized carbons (Fsp3) is 0.294. The van der Waals surface area contributed by atoms with Crippen LogP contribution in [0.25, 0.3) is 0 Å². The van der Waals surface area contributed by atoms with Crippen molar-refractivity contribution in [2.24, 2.45) is 0 Å². The zero-order valence-electron chi connectivity index (χ0n) is 11.6. The second-order valence-electron chi connectivity index (χ2n) is 5.34. The summed E-state index contributed by atoms with van der Waals surface area (Å²) in [4.78, 5) is 2.19. The number of rotatable bonds is 4. The molecule has 1 aliphatic rings. The molecule has 0 fully saturated rings. The van der Waals surface area contributed by atoms with Crippen LogP contribution in [0.4, 0.5) is 4.39 Å². The maximum atomic E-state index is 13.2. The van der Waals surface area contributed by atoms with Crippen molar-refractivity contribution in [3.05, 3.63) is 65.0 Å². The van der Waals surface area contributed by atoms with Crippen LogP contribution in [0, 0.1) is 5.82 Å². The maximum absolute atomic E-state index is 13.2. The lowest BCUT2D eigenvalue weighted by atomic mass is 10.1. The molecule has 0 atom stereocenters. The molecule has 2 nitrogen and oxygen atoms in total. The summed E-state index contributed by atoms with van der Waals surface area (Å²) in [6, 6.07) is 13.1. The molecule has 0 bridgehead atoms. The Balaban J connectivity index is 1.65. The fourth-order valence-electron chi connectivity index (χ4n) is 2.65. The van der Waals surface area contributed by atoms with Gasteiger partial charge in [-0.15, -0.1) is 0 Å². The second kappa shape index (κ2) is 5.63. The van der Waals surface area contributed by atoms with Crippen molar-refractivity contribution in [1.82, 2.24) is 4.90 Å². The van der Waals surface area contributed by atoms with Crippen LogP contribution < -0.4 is 4.74 Å². The minimum Gasteiger partial charge on any atom is -0.493 e. The van der Waals surface area contributed by atoms with E-state index >= 15 is 0 Å². The topological polar surface area (TPSA) is 12.5 Å². The molecule has 0 N–H and O–H groups in total. The zero-order valence-corrected chi connectivity index (χ0v) is 11.6. The third kappa shape index (κ3) is 2.99. The van der Waals surface area contributed by atoms with Gasteiger partial charge in [-0.25, -0.2) is 4.39 Å². The van der Waals surface area contributed by atoms with Crippen LogP contribution in [0.3, 0.4) is 0 Å². The van der Waals surface area contributed by atoms with E-state index in [4.69, 9.17) is 4.74 Å². The summed E-state index contributed by atoms with van der Waals surface area (Å²) >= 11 is 0. The number of fused-ring (bicyclic) bond motifs is 1. The van der Waals surface area contributed by atoms with Gasteiger partial charge in [-0.2, -0.15) is 0 Å². The van der Waals surface area contributed by atoms with Crippen LogP contribution in [0.15, 0.2) is 42.5 Å². The predicted molar refractivity (Wildman–Crippen MR) is 77.2 cm³/mol. The third-order valence-electron chi connectivity index (χ3n) is 3.55. The van der Waals surface area contributed by atoms with Crippen molar-refractivity contribution in [2.45, 2.75) is 19.5 Å². The zero-order chi connectivity index (χ0) is 13.9. The molecule has 0 unspecified atom stereocenters. The van der Waals surface area contributed by atoms with E-state index in [2.05, 4.69) is 24.1 Å². The molecule has 1 aliphatic heterocycles. The Morgan fingerprint density at radius 3 is 2.70 bits per heavy atom. The summed E-state index contributed by atoms with van der Waals surface area (Å²) in [6.07, 6.45) is 0.997. The van der Waals surface area contributed by atoms with E-state index in [0.717, 1.165) is 37.4 Å². The Labute approximate surface area is 118 Å². The standard InChI is InChI=1S/C17H18FNO/c1-19(11-13-3-2-4-16(18)10-13)12-14-5-6-17-15(9-14)7-8-20-17/h2-6,9-10H,7-8,11-12H2,1H3. The Bertz CT molecular complexity index is 612. The molecule has 0 spiro atoms. The van der Waals surface area contributed by atoms with Gasteiger partial charge in [0.25, 0.3) is 0 Å². The number of hydrogen-bond acceptors (Lipinski definition) is 2. The molecule has 0 saturated heterocycles. The molecule has 0 aromatic heterocycles. The summed E-state index contributed by atoms with van der Waals surface area (Å²) in [7, 11) is 2.05. The van der Waals surface area contributed by atoms with Crippen LogP contribution in [0.5, 0.6) is 5.75 Å². The van der Waals surface area contributed by atoms with Crippen molar-refractivity contribution in [2.75, 3.05) is 13.7 Å². The predicted octanol–water partition coefficient (Wildman–Crippen LogP) is 3.39. The highest BCUT2D eigenvalue weighted by Crippen LogP contribution is 2.26. The third-order valence-corrected chi connectivity index (χ3v) is 3.55. The van der Waals surface area contributed by atoms with E-state index in [9.17, 15) is 4.39 Å². The first-order chi connectivity index (χ1) is 9.70. The van der Waals surface area contributed by atoms with Gasteiger partial charge in [0, 0.05) is 19.5 Å². The molecular formula is C17H18FNO.